The van der Waals surface area contributed by atoms with Crippen LogP contribution >= 0.6 is 12.2 Å². The SMILES string of the molecule is COc1cc(C(F)(F)F)ccc1C(C)C(C)C(N)=S. The number of nitrogens with two attached hydrogens (primary N) is 1. The molecule has 1 rings (SSSR count). The number of alkyl halides is 3. The van der Waals surface area contributed by atoms with Gasteiger partial charge in [-0.25, -0.2) is 0 Å². The van der Waals surface area contributed by atoms with E-state index in [4.69, 9.17) is 22.7 Å². The Morgan fingerprint density at radius 2 is 1.89 bits per heavy atom. The maximum Gasteiger partial charge on any atom is 0.416 e. The van der Waals surface area contributed by atoms with Crippen molar-refractivity contribution in [3.63, 3.8) is 0 Å². The van der Waals surface area contributed by atoms with Crippen LogP contribution in [0.25, 0.3) is 0 Å². The van der Waals surface area contributed by atoms with Crippen LogP contribution in [0.4, 0.5) is 13.2 Å². The minimum atomic E-state index is -4.39. The molecule has 19 heavy (non-hydrogen) atoms. The first-order valence-electron chi connectivity index (χ1n) is 5.73. The van der Waals surface area contributed by atoms with Crippen LogP contribution < -0.4 is 10.5 Å². The van der Waals surface area contributed by atoms with E-state index in [-0.39, 0.29) is 17.6 Å². The van der Waals surface area contributed by atoms with E-state index in [1.165, 1.54) is 13.2 Å². The molecule has 0 saturated carbocycles. The molecule has 0 heterocycles. The Labute approximate surface area is 115 Å². The average molecular weight is 291 g/mol. The van der Waals surface area contributed by atoms with Crippen molar-refractivity contribution >= 4 is 17.2 Å². The molecular weight excluding hydrogens is 275 g/mol. The van der Waals surface area contributed by atoms with Crippen LogP contribution in [-0.2, 0) is 6.18 Å². The average Bonchev–Trinajstić information content (AvgIpc) is 2.34. The number of hydrogen-bond acceptors (Lipinski definition) is 2. The van der Waals surface area contributed by atoms with Crippen molar-refractivity contribution in [1.29, 1.82) is 0 Å². The molecular formula is C13H16F3NOS. The standard InChI is InChI=1S/C13H16F3NOS/c1-7(8(2)12(17)19)10-5-4-9(13(14,15)16)6-11(10)18-3/h4-8H,1-3H3,(H2,17,19). The summed E-state index contributed by atoms with van der Waals surface area (Å²) < 4.78 is 42.9. The first-order valence-corrected chi connectivity index (χ1v) is 6.13. The van der Waals surface area contributed by atoms with E-state index < -0.39 is 11.7 Å². The highest BCUT2D eigenvalue weighted by Crippen LogP contribution is 2.37. The van der Waals surface area contributed by atoms with Gasteiger partial charge in [0.2, 0.25) is 0 Å². The Morgan fingerprint density at radius 1 is 1.32 bits per heavy atom. The van der Waals surface area contributed by atoms with Crippen molar-refractivity contribution in [3.05, 3.63) is 29.3 Å². The van der Waals surface area contributed by atoms with Gasteiger partial charge in [0.05, 0.1) is 17.7 Å². The van der Waals surface area contributed by atoms with Gasteiger partial charge in [-0.05, 0) is 23.6 Å². The fourth-order valence-electron chi connectivity index (χ4n) is 1.78. The number of halogens is 3. The number of ether oxygens (including phenoxy) is 1. The second kappa shape index (κ2) is 5.77. The summed E-state index contributed by atoms with van der Waals surface area (Å²) in [5, 5.41) is 0. The molecule has 0 saturated heterocycles. The third-order valence-electron chi connectivity index (χ3n) is 3.25. The lowest BCUT2D eigenvalue weighted by molar-refractivity contribution is -0.137. The molecule has 2 N–H and O–H groups in total. The normalized spacial score (nSPS) is 14.8. The lowest BCUT2D eigenvalue weighted by atomic mass is 9.87. The van der Waals surface area contributed by atoms with Crippen molar-refractivity contribution in [2.45, 2.75) is 25.9 Å². The first-order chi connectivity index (χ1) is 8.68. The Balaban J connectivity index is 3.20. The summed E-state index contributed by atoms with van der Waals surface area (Å²) in [5.41, 5.74) is 5.51. The van der Waals surface area contributed by atoms with Crippen LogP contribution in [0.2, 0.25) is 0 Å². The third kappa shape index (κ3) is 3.59. The molecule has 2 nitrogen and oxygen atoms in total. The fraction of sp³-hybridized carbons (Fsp3) is 0.462. The molecule has 1 aromatic carbocycles. The monoisotopic (exact) mass is 291 g/mol. The quantitative estimate of drug-likeness (QED) is 0.858. The van der Waals surface area contributed by atoms with Gasteiger partial charge in [0.15, 0.2) is 0 Å². The number of methoxy groups -OCH3 is 1. The summed E-state index contributed by atoms with van der Waals surface area (Å²) in [6, 6.07) is 3.46. The second-order valence-corrected chi connectivity index (χ2v) is 4.91. The molecule has 0 spiro atoms. The van der Waals surface area contributed by atoms with Gasteiger partial charge < -0.3 is 10.5 Å². The maximum atomic E-state index is 12.6. The van der Waals surface area contributed by atoms with Crippen LogP contribution in [0.15, 0.2) is 18.2 Å². The van der Waals surface area contributed by atoms with Gasteiger partial charge in [0.25, 0.3) is 0 Å². The van der Waals surface area contributed by atoms with Crippen molar-refractivity contribution in [3.8, 4) is 5.75 Å². The van der Waals surface area contributed by atoms with Crippen LogP contribution in [0, 0.1) is 5.92 Å². The molecule has 0 aliphatic heterocycles. The smallest absolute Gasteiger partial charge is 0.416 e. The van der Waals surface area contributed by atoms with Crippen LogP contribution in [0.3, 0.4) is 0 Å². The lowest BCUT2D eigenvalue weighted by Crippen LogP contribution is -2.23. The molecule has 106 valence electrons. The van der Waals surface area contributed by atoms with E-state index in [1.54, 1.807) is 0 Å². The lowest BCUT2D eigenvalue weighted by Gasteiger charge is -2.22. The number of thiocarbonyl (C=S) groups is 1. The highest BCUT2D eigenvalue weighted by atomic mass is 32.1. The summed E-state index contributed by atoms with van der Waals surface area (Å²) in [4.78, 5) is 0.328. The maximum absolute atomic E-state index is 12.6. The molecule has 2 unspecified atom stereocenters. The van der Waals surface area contributed by atoms with Gasteiger partial charge in [-0.15, -0.1) is 0 Å². The van der Waals surface area contributed by atoms with Gasteiger partial charge in [0, 0.05) is 5.92 Å². The number of rotatable bonds is 4. The number of benzene rings is 1. The predicted octanol–water partition coefficient (Wildman–Crippen LogP) is 3.74. The predicted molar refractivity (Wildman–Crippen MR) is 72.4 cm³/mol. The van der Waals surface area contributed by atoms with Crippen LogP contribution in [0.5, 0.6) is 5.75 Å². The van der Waals surface area contributed by atoms with E-state index in [1.807, 2.05) is 13.8 Å². The minimum Gasteiger partial charge on any atom is -0.496 e. The van der Waals surface area contributed by atoms with E-state index in [0.29, 0.717) is 10.6 Å². The summed E-state index contributed by atoms with van der Waals surface area (Å²) in [6.07, 6.45) is -4.39. The Kier molecular flexibility index (Phi) is 4.79. The van der Waals surface area contributed by atoms with E-state index in [0.717, 1.165) is 12.1 Å². The molecule has 0 amide bonds. The van der Waals surface area contributed by atoms with Crippen molar-refractivity contribution in [2.24, 2.45) is 11.7 Å². The molecule has 1 aromatic rings. The highest BCUT2D eigenvalue weighted by molar-refractivity contribution is 7.80. The fourth-order valence-corrected chi connectivity index (χ4v) is 1.98. The summed E-state index contributed by atoms with van der Waals surface area (Å²) >= 11 is 4.92. The largest absolute Gasteiger partial charge is 0.496 e. The van der Waals surface area contributed by atoms with E-state index in [9.17, 15) is 13.2 Å². The topological polar surface area (TPSA) is 35.2 Å². The third-order valence-corrected chi connectivity index (χ3v) is 3.62. The molecule has 0 aliphatic carbocycles. The zero-order chi connectivity index (χ0) is 14.8. The van der Waals surface area contributed by atoms with Gasteiger partial charge in [-0.1, -0.05) is 32.1 Å². The molecule has 0 aromatic heterocycles. The highest BCUT2D eigenvalue weighted by Gasteiger charge is 2.32. The van der Waals surface area contributed by atoms with Crippen LogP contribution in [-0.4, -0.2) is 12.1 Å². The number of hydrogen-bond donors (Lipinski definition) is 1. The van der Waals surface area contributed by atoms with Gasteiger partial charge >= 0.3 is 6.18 Å². The summed E-state index contributed by atoms with van der Waals surface area (Å²) in [7, 11) is 1.34. The second-order valence-electron chi connectivity index (χ2n) is 4.43. The van der Waals surface area contributed by atoms with E-state index >= 15 is 0 Å². The summed E-state index contributed by atoms with van der Waals surface area (Å²) in [6.45, 7) is 3.69. The molecule has 0 radical (unpaired) electrons. The molecule has 0 aliphatic rings. The molecule has 0 fully saturated rings. The minimum absolute atomic E-state index is 0.116. The Bertz CT molecular complexity index is 473. The van der Waals surface area contributed by atoms with Crippen molar-refractivity contribution < 1.29 is 17.9 Å². The first kappa shape index (κ1) is 15.8. The molecule has 0 bridgehead atoms. The molecule has 2 atom stereocenters. The van der Waals surface area contributed by atoms with E-state index in [2.05, 4.69) is 0 Å². The Morgan fingerprint density at radius 3 is 2.32 bits per heavy atom. The van der Waals surface area contributed by atoms with Gasteiger partial charge in [-0.2, -0.15) is 13.2 Å². The zero-order valence-electron chi connectivity index (χ0n) is 10.9. The van der Waals surface area contributed by atoms with Crippen molar-refractivity contribution in [2.75, 3.05) is 7.11 Å². The van der Waals surface area contributed by atoms with Crippen molar-refractivity contribution in [1.82, 2.24) is 0 Å². The Hall–Kier alpha value is -1.30. The zero-order valence-corrected chi connectivity index (χ0v) is 11.7. The van der Waals surface area contributed by atoms with Crippen LogP contribution in [0.1, 0.15) is 30.9 Å². The summed E-state index contributed by atoms with van der Waals surface area (Å²) in [5.74, 6) is -0.0409. The molecule has 6 heteroatoms. The van der Waals surface area contributed by atoms with Gasteiger partial charge in [0.1, 0.15) is 5.75 Å². The van der Waals surface area contributed by atoms with Gasteiger partial charge in [-0.3, -0.25) is 0 Å².